The second kappa shape index (κ2) is 9.76. The van der Waals surface area contributed by atoms with Crippen LogP contribution in [0.3, 0.4) is 0 Å². The fraction of sp³-hybridized carbons (Fsp3) is 0.115. The van der Waals surface area contributed by atoms with Crippen LogP contribution in [0.1, 0.15) is 5.56 Å². The molecule has 0 radical (unpaired) electrons. The average molecular weight is 475 g/mol. The predicted octanol–water partition coefficient (Wildman–Crippen LogP) is 4.46. The molecule has 0 aliphatic carbocycles. The van der Waals surface area contributed by atoms with Crippen molar-refractivity contribution in [3.05, 3.63) is 83.9 Å². The van der Waals surface area contributed by atoms with E-state index in [-0.39, 0.29) is 10.7 Å². The summed E-state index contributed by atoms with van der Waals surface area (Å²) in [6.07, 6.45) is 1.50. The van der Waals surface area contributed by atoms with Gasteiger partial charge in [0.25, 0.3) is 11.8 Å². The highest BCUT2D eigenvalue weighted by Crippen LogP contribution is 2.35. The SMILES string of the molecule is COc1ccc(/C=C2/C(=O)N(c3ccccc3)C(=S)N(c3ccccc3OC)C2=O)c(OC)c1. The summed E-state index contributed by atoms with van der Waals surface area (Å²) in [5, 5.41) is 0.0320. The first-order chi connectivity index (χ1) is 16.5. The summed E-state index contributed by atoms with van der Waals surface area (Å²) in [7, 11) is 4.56. The maximum atomic E-state index is 13.7. The Morgan fingerprint density at radius 2 is 1.38 bits per heavy atom. The Morgan fingerprint density at radius 3 is 2.06 bits per heavy atom. The third-order valence-electron chi connectivity index (χ3n) is 5.33. The molecule has 3 aromatic rings. The number of amides is 2. The predicted molar refractivity (Wildman–Crippen MR) is 135 cm³/mol. The highest BCUT2D eigenvalue weighted by atomic mass is 32.1. The summed E-state index contributed by atoms with van der Waals surface area (Å²) in [5.41, 5.74) is 1.44. The highest BCUT2D eigenvalue weighted by Gasteiger charge is 2.42. The molecular formula is C26H22N2O5S. The van der Waals surface area contributed by atoms with Crippen LogP contribution in [-0.2, 0) is 9.59 Å². The van der Waals surface area contributed by atoms with Crippen molar-refractivity contribution in [1.82, 2.24) is 0 Å². The average Bonchev–Trinajstić information content (AvgIpc) is 2.87. The molecule has 0 unspecified atom stereocenters. The minimum absolute atomic E-state index is 0.0320. The van der Waals surface area contributed by atoms with Crippen molar-refractivity contribution in [2.45, 2.75) is 0 Å². The van der Waals surface area contributed by atoms with Gasteiger partial charge in [-0.15, -0.1) is 0 Å². The lowest BCUT2D eigenvalue weighted by Gasteiger charge is -2.37. The Kier molecular flexibility index (Phi) is 6.60. The lowest BCUT2D eigenvalue weighted by atomic mass is 10.0. The first-order valence-electron chi connectivity index (χ1n) is 10.3. The summed E-state index contributed by atoms with van der Waals surface area (Å²) in [6, 6.07) is 21.1. The Balaban J connectivity index is 1.91. The largest absolute Gasteiger partial charge is 0.497 e. The van der Waals surface area contributed by atoms with E-state index >= 15 is 0 Å². The summed E-state index contributed by atoms with van der Waals surface area (Å²) in [4.78, 5) is 30.0. The first-order valence-corrected chi connectivity index (χ1v) is 10.8. The molecule has 172 valence electrons. The van der Waals surface area contributed by atoms with Crippen molar-refractivity contribution < 1.29 is 23.8 Å². The Labute approximate surface area is 202 Å². The van der Waals surface area contributed by atoms with Crippen molar-refractivity contribution in [2.75, 3.05) is 31.1 Å². The number of para-hydroxylation sites is 3. The van der Waals surface area contributed by atoms with Crippen LogP contribution < -0.4 is 24.0 Å². The van der Waals surface area contributed by atoms with Gasteiger partial charge in [0.1, 0.15) is 22.8 Å². The maximum absolute atomic E-state index is 13.7. The van der Waals surface area contributed by atoms with Gasteiger partial charge in [0.15, 0.2) is 5.11 Å². The number of benzene rings is 3. The number of hydrogen-bond donors (Lipinski definition) is 0. The van der Waals surface area contributed by atoms with Crippen LogP contribution in [0.15, 0.2) is 78.4 Å². The number of nitrogens with zero attached hydrogens (tertiary/aromatic N) is 2. The number of rotatable bonds is 6. The number of carbonyl (C=O) groups excluding carboxylic acids is 2. The van der Waals surface area contributed by atoms with Gasteiger partial charge in [-0.3, -0.25) is 14.5 Å². The fourth-order valence-corrected chi connectivity index (χ4v) is 4.02. The van der Waals surface area contributed by atoms with Crippen molar-refractivity contribution in [3.8, 4) is 17.2 Å². The van der Waals surface area contributed by atoms with E-state index in [0.29, 0.717) is 34.2 Å². The van der Waals surface area contributed by atoms with E-state index in [1.165, 1.54) is 30.1 Å². The van der Waals surface area contributed by atoms with Gasteiger partial charge < -0.3 is 14.2 Å². The summed E-state index contributed by atoms with van der Waals surface area (Å²) < 4.78 is 16.2. The zero-order valence-electron chi connectivity index (χ0n) is 18.8. The fourth-order valence-electron chi connectivity index (χ4n) is 3.65. The van der Waals surface area contributed by atoms with Gasteiger partial charge in [0.2, 0.25) is 0 Å². The maximum Gasteiger partial charge on any atom is 0.270 e. The van der Waals surface area contributed by atoms with Crippen molar-refractivity contribution in [3.63, 3.8) is 0 Å². The van der Waals surface area contributed by atoms with E-state index in [9.17, 15) is 9.59 Å². The quantitative estimate of drug-likeness (QED) is 0.299. The zero-order chi connectivity index (χ0) is 24.2. The smallest absolute Gasteiger partial charge is 0.270 e. The van der Waals surface area contributed by atoms with Crippen molar-refractivity contribution >= 4 is 46.6 Å². The van der Waals surface area contributed by atoms with Crippen LogP contribution in [0.25, 0.3) is 6.08 Å². The number of hydrogen-bond acceptors (Lipinski definition) is 6. The van der Waals surface area contributed by atoms with Crippen molar-refractivity contribution in [2.24, 2.45) is 0 Å². The van der Waals surface area contributed by atoms with Gasteiger partial charge in [0.05, 0.1) is 32.7 Å². The lowest BCUT2D eigenvalue weighted by Crippen LogP contribution is -2.57. The lowest BCUT2D eigenvalue weighted by molar-refractivity contribution is -0.120. The van der Waals surface area contributed by atoms with E-state index in [0.717, 1.165) is 0 Å². The van der Waals surface area contributed by atoms with E-state index in [1.54, 1.807) is 73.8 Å². The standard InChI is InChI=1S/C26H22N2O5S/c1-31-19-14-13-17(23(16-19)33-3)15-20-24(29)27(18-9-5-4-6-10-18)26(34)28(25(20)30)21-11-7-8-12-22(21)32-2/h4-16H,1-3H3/b20-15-. The molecule has 4 rings (SSSR count). The number of carbonyl (C=O) groups is 2. The van der Waals surface area contributed by atoms with Gasteiger partial charge in [0, 0.05) is 11.6 Å². The molecule has 1 heterocycles. The zero-order valence-corrected chi connectivity index (χ0v) is 19.7. The molecule has 0 aromatic heterocycles. The van der Waals surface area contributed by atoms with Gasteiger partial charge in [-0.2, -0.15) is 0 Å². The summed E-state index contributed by atoms with van der Waals surface area (Å²) in [6.45, 7) is 0. The molecule has 0 N–H and O–H groups in total. The Morgan fingerprint density at radius 1 is 0.735 bits per heavy atom. The molecule has 0 spiro atoms. The summed E-state index contributed by atoms with van der Waals surface area (Å²) in [5.74, 6) is 0.385. The molecule has 1 aliphatic heterocycles. The Hall–Kier alpha value is -4.17. The molecule has 0 atom stereocenters. The highest BCUT2D eigenvalue weighted by molar-refractivity contribution is 7.81. The number of thiocarbonyl (C=S) groups is 1. The van der Waals surface area contributed by atoms with Crippen molar-refractivity contribution in [1.29, 1.82) is 0 Å². The van der Waals surface area contributed by atoms with Crippen LogP contribution >= 0.6 is 12.2 Å². The molecule has 8 heteroatoms. The number of ether oxygens (including phenoxy) is 3. The van der Waals surface area contributed by atoms with E-state index in [1.807, 2.05) is 6.07 Å². The second-order valence-electron chi connectivity index (χ2n) is 7.24. The van der Waals surface area contributed by atoms with Crippen LogP contribution in [0.5, 0.6) is 17.2 Å². The van der Waals surface area contributed by atoms with E-state index < -0.39 is 11.8 Å². The third kappa shape index (κ3) is 4.11. The minimum Gasteiger partial charge on any atom is -0.497 e. The van der Waals surface area contributed by atoms with Gasteiger partial charge in [-0.05, 0) is 54.7 Å². The van der Waals surface area contributed by atoms with Crippen LogP contribution in [0, 0.1) is 0 Å². The van der Waals surface area contributed by atoms with Crippen LogP contribution in [-0.4, -0.2) is 38.3 Å². The number of anilines is 2. The Bertz CT molecular complexity index is 1290. The normalized spacial score (nSPS) is 15.0. The summed E-state index contributed by atoms with van der Waals surface area (Å²) >= 11 is 5.66. The topological polar surface area (TPSA) is 68.3 Å². The second-order valence-corrected chi connectivity index (χ2v) is 7.60. The van der Waals surface area contributed by atoms with Gasteiger partial charge in [-0.1, -0.05) is 30.3 Å². The van der Waals surface area contributed by atoms with Crippen LogP contribution in [0.4, 0.5) is 11.4 Å². The molecule has 1 saturated heterocycles. The molecule has 0 bridgehead atoms. The molecule has 1 aliphatic rings. The number of methoxy groups -OCH3 is 3. The molecule has 34 heavy (non-hydrogen) atoms. The third-order valence-corrected chi connectivity index (χ3v) is 5.70. The van der Waals surface area contributed by atoms with E-state index in [4.69, 9.17) is 26.4 Å². The van der Waals surface area contributed by atoms with E-state index in [2.05, 4.69) is 0 Å². The minimum atomic E-state index is -0.565. The first kappa shape index (κ1) is 23.0. The molecule has 1 fully saturated rings. The molecular weight excluding hydrogens is 452 g/mol. The van der Waals surface area contributed by atoms with Gasteiger partial charge in [-0.25, -0.2) is 4.90 Å². The molecule has 7 nitrogen and oxygen atoms in total. The van der Waals surface area contributed by atoms with Crippen LogP contribution in [0.2, 0.25) is 0 Å². The van der Waals surface area contributed by atoms with Gasteiger partial charge >= 0.3 is 0 Å². The monoisotopic (exact) mass is 474 g/mol. The molecule has 3 aromatic carbocycles. The molecule has 2 amide bonds. The molecule has 0 saturated carbocycles.